The van der Waals surface area contributed by atoms with E-state index in [9.17, 15) is 14.7 Å². The zero-order valence-electron chi connectivity index (χ0n) is 19.2. The molecule has 1 aliphatic rings. The highest BCUT2D eigenvalue weighted by molar-refractivity contribution is 6.46. The number of aliphatic hydroxyl groups excluding tert-OH is 1. The van der Waals surface area contributed by atoms with Crippen LogP contribution >= 0.6 is 0 Å². The largest absolute Gasteiger partial charge is 0.506 e. The summed E-state index contributed by atoms with van der Waals surface area (Å²) >= 11 is 0. The van der Waals surface area contributed by atoms with E-state index in [-0.39, 0.29) is 16.9 Å². The van der Waals surface area contributed by atoms with Gasteiger partial charge in [0, 0.05) is 6.54 Å². The van der Waals surface area contributed by atoms with Gasteiger partial charge in [-0.25, -0.2) is 0 Å². The maximum Gasteiger partial charge on any atom is 0.295 e. The Morgan fingerprint density at radius 2 is 1.66 bits per heavy atom. The Bertz CT molecular complexity index is 1020. The van der Waals surface area contributed by atoms with Crippen LogP contribution in [0, 0.1) is 6.92 Å². The van der Waals surface area contributed by atoms with E-state index in [0.717, 1.165) is 17.7 Å². The number of carbonyl (C=O) groups is 2. The normalized spacial score (nSPS) is 17.8. The second-order valence-corrected chi connectivity index (χ2v) is 8.04. The lowest BCUT2D eigenvalue weighted by Crippen LogP contribution is -2.32. The SMILES string of the molecule is COc1cccc(OC)c1/C(O)=C1\C(=O)C(=O)N(CCCN(C)C)C1c1ccccc1C. The minimum atomic E-state index is -0.714. The van der Waals surface area contributed by atoms with Crippen molar-refractivity contribution in [3.63, 3.8) is 0 Å². The topological polar surface area (TPSA) is 79.3 Å². The van der Waals surface area contributed by atoms with Crippen LogP contribution in [-0.2, 0) is 9.59 Å². The molecule has 0 aliphatic carbocycles. The van der Waals surface area contributed by atoms with E-state index in [1.807, 2.05) is 50.2 Å². The molecule has 0 bridgehead atoms. The maximum atomic E-state index is 13.2. The molecule has 1 atom stereocenters. The molecule has 0 aromatic heterocycles. The van der Waals surface area contributed by atoms with Crippen molar-refractivity contribution in [2.24, 2.45) is 0 Å². The van der Waals surface area contributed by atoms with Crippen LogP contribution < -0.4 is 9.47 Å². The molecule has 7 nitrogen and oxygen atoms in total. The van der Waals surface area contributed by atoms with E-state index in [2.05, 4.69) is 0 Å². The van der Waals surface area contributed by atoms with Gasteiger partial charge in [-0.2, -0.15) is 0 Å². The smallest absolute Gasteiger partial charge is 0.295 e. The third-order valence-corrected chi connectivity index (χ3v) is 5.69. The van der Waals surface area contributed by atoms with Gasteiger partial charge in [-0.05, 0) is 57.2 Å². The molecule has 170 valence electrons. The number of likely N-dealkylation sites (tertiary alicyclic amines) is 1. The first-order valence-electron chi connectivity index (χ1n) is 10.5. The molecule has 1 saturated heterocycles. The molecule has 0 spiro atoms. The number of aliphatic hydroxyl groups is 1. The number of hydrogen-bond acceptors (Lipinski definition) is 6. The van der Waals surface area contributed by atoms with Gasteiger partial charge in [0.15, 0.2) is 0 Å². The van der Waals surface area contributed by atoms with Crippen LogP contribution in [0.1, 0.15) is 29.2 Å². The number of nitrogens with zero attached hydrogens (tertiary/aromatic N) is 2. The fourth-order valence-electron chi connectivity index (χ4n) is 4.10. The average Bonchev–Trinajstić information content (AvgIpc) is 3.03. The van der Waals surface area contributed by atoms with Crippen LogP contribution in [0.4, 0.5) is 0 Å². The third kappa shape index (κ3) is 4.34. The standard InChI is InChI=1S/C25H30N2O5/c1-16-10-6-7-11-17(16)22-21(24(29)25(30)27(22)15-9-14-26(2)3)23(28)20-18(31-4)12-8-13-19(20)32-5/h6-8,10-13,22,28H,9,14-15H2,1-5H3/b23-21+. The van der Waals surface area contributed by atoms with E-state index in [1.165, 1.54) is 14.2 Å². The average molecular weight is 439 g/mol. The molecule has 0 saturated carbocycles. The Morgan fingerprint density at radius 1 is 1.03 bits per heavy atom. The van der Waals surface area contributed by atoms with Crippen molar-refractivity contribution in [2.75, 3.05) is 41.4 Å². The molecule has 2 aromatic carbocycles. The van der Waals surface area contributed by atoms with Crippen molar-refractivity contribution in [1.82, 2.24) is 9.80 Å². The number of ketones is 1. The number of aryl methyl sites for hydroxylation is 1. The van der Waals surface area contributed by atoms with Gasteiger partial charge < -0.3 is 24.4 Å². The van der Waals surface area contributed by atoms with Crippen LogP contribution in [0.15, 0.2) is 48.0 Å². The molecule has 3 rings (SSSR count). The van der Waals surface area contributed by atoms with Gasteiger partial charge in [-0.15, -0.1) is 0 Å². The summed E-state index contributed by atoms with van der Waals surface area (Å²) in [5, 5.41) is 11.4. The lowest BCUT2D eigenvalue weighted by atomic mass is 9.92. The summed E-state index contributed by atoms with van der Waals surface area (Å²) in [7, 11) is 6.87. The van der Waals surface area contributed by atoms with Crippen molar-refractivity contribution < 1.29 is 24.2 Å². The summed E-state index contributed by atoms with van der Waals surface area (Å²) in [6.45, 7) is 3.09. The van der Waals surface area contributed by atoms with Gasteiger partial charge in [0.05, 0.1) is 25.8 Å². The van der Waals surface area contributed by atoms with Crippen molar-refractivity contribution in [1.29, 1.82) is 0 Å². The van der Waals surface area contributed by atoms with E-state index < -0.39 is 17.7 Å². The fraction of sp³-hybridized carbons (Fsp3) is 0.360. The molecular weight excluding hydrogens is 408 g/mol. The number of carbonyl (C=O) groups excluding carboxylic acids is 2. The van der Waals surface area contributed by atoms with Crippen molar-refractivity contribution >= 4 is 17.4 Å². The Morgan fingerprint density at radius 3 is 2.22 bits per heavy atom. The predicted molar refractivity (Wildman–Crippen MR) is 123 cm³/mol. The summed E-state index contributed by atoms with van der Waals surface area (Å²) in [6, 6.07) is 12.0. The van der Waals surface area contributed by atoms with Crippen molar-refractivity contribution in [3.8, 4) is 11.5 Å². The number of hydrogen-bond donors (Lipinski definition) is 1. The Balaban J connectivity index is 2.22. The molecule has 1 amide bonds. The van der Waals surface area contributed by atoms with Crippen molar-refractivity contribution in [3.05, 3.63) is 64.7 Å². The Labute approximate surface area is 188 Å². The van der Waals surface area contributed by atoms with Gasteiger partial charge in [-0.3, -0.25) is 9.59 Å². The first kappa shape index (κ1) is 23.3. The molecule has 1 aliphatic heterocycles. The number of ether oxygens (including phenoxy) is 2. The van der Waals surface area contributed by atoms with Crippen LogP contribution in [0.3, 0.4) is 0 Å². The molecular formula is C25H30N2O5. The quantitative estimate of drug-likeness (QED) is 0.387. The molecule has 32 heavy (non-hydrogen) atoms. The summed E-state index contributed by atoms with van der Waals surface area (Å²) in [5.41, 5.74) is 2.01. The van der Waals surface area contributed by atoms with Crippen molar-refractivity contribution in [2.45, 2.75) is 19.4 Å². The van der Waals surface area contributed by atoms with Gasteiger partial charge in [0.2, 0.25) is 0 Å². The van der Waals surface area contributed by atoms with E-state index in [4.69, 9.17) is 9.47 Å². The lowest BCUT2D eigenvalue weighted by molar-refractivity contribution is -0.139. The Hall–Kier alpha value is -3.32. The number of amides is 1. The fourth-order valence-corrected chi connectivity index (χ4v) is 4.10. The van der Waals surface area contributed by atoms with E-state index >= 15 is 0 Å². The number of benzene rings is 2. The zero-order chi connectivity index (χ0) is 23.4. The molecule has 1 heterocycles. The highest BCUT2D eigenvalue weighted by Crippen LogP contribution is 2.44. The number of methoxy groups -OCH3 is 2. The predicted octanol–water partition coefficient (Wildman–Crippen LogP) is 3.39. The second-order valence-electron chi connectivity index (χ2n) is 8.04. The number of rotatable bonds is 8. The summed E-state index contributed by atoms with van der Waals surface area (Å²) in [4.78, 5) is 29.9. The van der Waals surface area contributed by atoms with Gasteiger partial charge >= 0.3 is 0 Å². The maximum absolute atomic E-state index is 13.2. The highest BCUT2D eigenvalue weighted by Gasteiger charge is 2.46. The van der Waals surface area contributed by atoms with Crippen LogP contribution in [0.5, 0.6) is 11.5 Å². The van der Waals surface area contributed by atoms with Gasteiger partial charge in [-0.1, -0.05) is 30.3 Å². The minimum Gasteiger partial charge on any atom is -0.506 e. The zero-order valence-corrected chi connectivity index (χ0v) is 19.2. The number of Topliss-reactive ketones (excluding diaryl/α,β-unsaturated/α-hetero) is 1. The summed E-state index contributed by atoms with van der Waals surface area (Å²) < 4.78 is 10.8. The van der Waals surface area contributed by atoms with Crippen LogP contribution in [0.2, 0.25) is 0 Å². The molecule has 0 radical (unpaired) electrons. The first-order valence-corrected chi connectivity index (χ1v) is 10.5. The molecule has 1 unspecified atom stereocenters. The van der Waals surface area contributed by atoms with E-state index in [0.29, 0.717) is 24.5 Å². The third-order valence-electron chi connectivity index (χ3n) is 5.69. The first-order chi connectivity index (χ1) is 15.3. The minimum absolute atomic E-state index is 0.0388. The summed E-state index contributed by atoms with van der Waals surface area (Å²) in [6.07, 6.45) is 0.695. The monoisotopic (exact) mass is 438 g/mol. The molecule has 2 aromatic rings. The lowest BCUT2D eigenvalue weighted by Gasteiger charge is -2.27. The molecule has 1 N–H and O–H groups in total. The highest BCUT2D eigenvalue weighted by atomic mass is 16.5. The van der Waals surface area contributed by atoms with Crippen LogP contribution in [0.25, 0.3) is 5.76 Å². The van der Waals surface area contributed by atoms with Crippen LogP contribution in [-0.4, -0.2) is 68.0 Å². The molecule has 7 heteroatoms. The second kappa shape index (κ2) is 9.87. The Kier molecular flexibility index (Phi) is 7.20. The van der Waals surface area contributed by atoms with Gasteiger partial charge in [0.25, 0.3) is 11.7 Å². The molecule has 1 fully saturated rings. The summed E-state index contributed by atoms with van der Waals surface area (Å²) in [5.74, 6) is -0.935. The van der Waals surface area contributed by atoms with Gasteiger partial charge in [0.1, 0.15) is 22.8 Å². The van der Waals surface area contributed by atoms with E-state index in [1.54, 1.807) is 23.1 Å².